The predicted octanol–water partition coefficient (Wildman–Crippen LogP) is 4.69. The first kappa shape index (κ1) is 27.2. The SMILES string of the molecule is CNCCNCCN(CF)C(=O)O/N=C(\C)[C@H]1CC[C@H]2[C@@H]3CCC4=CC(=O)CC[C@]4(C)[C@H]3CC[C@]12C. The van der Waals surface area contributed by atoms with Gasteiger partial charge in [-0.1, -0.05) is 24.6 Å². The van der Waals surface area contributed by atoms with E-state index in [4.69, 9.17) is 4.84 Å². The van der Waals surface area contributed by atoms with Crippen molar-refractivity contribution in [2.45, 2.75) is 72.1 Å². The highest BCUT2D eigenvalue weighted by Gasteiger charge is 2.59. The van der Waals surface area contributed by atoms with E-state index in [1.54, 1.807) is 0 Å². The zero-order valence-corrected chi connectivity index (χ0v) is 22.6. The van der Waals surface area contributed by atoms with Crippen LogP contribution in [-0.4, -0.2) is 62.5 Å². The van der Waals surface area contributed by atoms with Gasteiger partial charge in [-0.05, 0) is 93.6 Å². The fourth-order valence-electron chi connectivity index (χ4n) is 8.23. The van der Waals surface area contributed by atoms with Crippen LogP contribution in [0.3, 0.4) is 0 Å². The monoisotopic (exact) mass is 504 g/mol. The Kier molecular flexibility index (Phi) is 8.55. The lowest BCUT2D eigenvalue weighted by molar-refractivity contribution is -0.117. The topological polar surface area (TPSA) is 83.0 Å². The molecule has 0 bridgehead atoms. The number of nitrogens with zero attached hydrogens (tertiary/aromatic N) is 2. The van der Waals surface area contributed by atoms with Crippen LogP contribution < -0.4 is 10.6 Å². The molecule has 4 aliphatic rings. The predicted molar refractivity (Wildman–Crippen MR) is 139 cm³/mol. The first-order valence-electron chi connectivity index (χ1n) is 13.9. The van der Waals surface area contributed by atoms with E-state index in [9.17, 15) is 14.0 Å². The van der Waals surface area contributed by atoms with Crippen LogP contribution in [0.2, 0.25) is 0 Å². The van der Waals surface area contributed by atoms with Crippen molar-refractivity contribution in [2.75, 3.05) is 40.0 Å². The Balaban J connectivity index is 1.38. The minimum Gasteiger partial charge on any atom is -0.318 e. The summed E-state index contributed by atoms with van der Waals surface area (Å²) in [7, 11) is 1.87. The van der Waals surface area contributed by atoms with Gasteiger partial charge in [-0.25, -0.2) is 9.18 Å². The Morgan fingerprint density at radius 3 is 2.69 bits per heavy atom. The number of alkyl halides is 1. The van der Waals surface area contributed by atoms with Gasteiger partial charge in [0.2, 0.25) is 0 Å². The summed E-state index contributed by atoms with van der Waals surface area (Å²) in [5.74, 6) is 2.54. The molecule has 1 amide bonds. The standard InChI is InChI=1S/C28H45FN4O3/c1-19(32-36-26(35)33(18-29)16-15-31-14-13-30-4)23-7-8-24-22-6-5-20-17-21(34)9-11-27(20,2)25(22)10-12-28(23,24)3/h17,22-25,30-31H,5-16,18H2,1-4H3/b32-19+/t22-,23+,24-,25-,27-,28+/m0/s1. The first-order chi connectivity index (χ1) is 17.2. The van der Waals surface area contributed by atoms with Gasteiger partial charge in [-0.3, -0.25) is 14.5 Å². The molecule has 0 unspecified atom stereocenters. The third-order valence-corrected chi connectivity index (χ3v) is 10.2. The largest absolute Gasteiger partial charge is 0.438 e. The summed E-state index contributed by atoms with van der Waals surface area (Å²) in [6, 6.07) is 0. The Hall–Kier alpha value is -1.80. The highest BCUT2D eigenvalue weighted by molar-refractivity contribution is 5.91. The van der Waals surface area contributed by atoms with E-state index in [0.717, 1.165) is 49.4 Å². The minimum atomic E-state index is -0.895. The second-order valence-electron chi connectivity index (χ2n) is 12.0. The molecule has 3 saturated carbocycles. The van der Waals surface area contributed by atoms with Crippen molar-refractivity contribution in [1.82, 2.24) is 15.5 Å². The molecule has 0 spiro atoms. The van der Waals surface area contributed by atoms with E-state index in [0.29, 0.717) is 36.5 Å². The fourth-order valence-corrected chi connectivity index (χ4v) is 8.23. The lowest BCUT2D eigenvalue weighted by Crippen LogP contribution is -2.51. The molecule has 36 heavy (non-hydrogen) atoms. The van der Waals surface area contributed by atoms with Gasteiger partial charge >= 0.3 is 6.09 Å². The molecule has 0 aromatic heterocycles. The molecule has 6 atom stereocenters. The van der Waals surface area contributed by atoms with Gasteiger partial charge in [0.25, 0.3) is 0 Å². The number of likely N-dealkylation sites (N-methyl/N-ethyl adjacent to an activating group) is 1. The maximum Gasteiger partial charge on any atom is 0.438 e. The average Bonchev–Trinajstić information content (AvgIpc) is 3.22. The third-order valence-electron chi connectivity index (χ3n) is 10.2. The molecule has 2 N–H and O–H groups in total. The summed E-state index contributed by atoms with van der Waals surface area (Å²) in [6.45, 7) is 8.19. The van der Waals surface area contributed by atoms with Gasteiger partial charge in [0.15, 0.2) is 12.6 Å². The molecule has 3 fully saturated rings. The number of hydrogen-bond acceptors (Lipinski definition) is 6. The number of carbonyl (C=O) groups is 2. The maximum atomic E-state index is 13.4. The third kappa shape index (κ3) is 5.13. The minimum absolute atomic E-state index is 0.139. The lowest BCUT2D eigenvalue weighted by atomic mass is 9.46. The molecule has 8 heteroatoms. The van der Waals surface area contributed by atoms with Crippen LogP contribution in [0.15, 0.2) is 16.8 Å². The summed E-state index contributed by atoms with van der Waals surface area (Å²) in [5, 5.41) is 10.4. The Bertz CT molecular complexity index is 892. The van der Waals surface area contributed by atoms with Gasteiger partial charge in [-0.15, -0.1) is 0 Å². The number of allylic oxidation sites excluding steroid dienone is 1. The van der Waals surface area contributed by atoms with E-state index in [1.807, 2.05) is 20.0 Å². The van der Waals surface area contributed by atoms with Crippen LogP contribution >= 0.6 is 0 Å². The molecule has 0 saturated heterocycles. The molecule has 0 aliphatic heterocycles. The molecule has 202 valence electrons. The second kappa shape index (κ2) is 11.3. The number of rotatable bonds is 9. The Morgan fingerprint density at radius 2 is 1.94 bits per heavy atom. The molecule has 7 nitrogen and oxygen atoms in total. The van der Waals surface area contributed by atoms with E-state index < -0.39 is 12.9 Å². The highest BCUT2D eigenvalue weighted by Crippen LogP contribution is 2.66. The van der Waals surface area contributed by atoms with Gasteiger partial charge in [-0.2, -0.15) is 0 Å². The van der Waals surface area contributed by atoms with Crippen molar-refractivity contribution in [3.63, 3.8) is 0 Å². The number of amides is 1. The van der Waals surface area contributed by atoms with Crippen LogP contribution in [0.5, 0.6) is 0 Å². The average molecular weight is 505 g/mol. The number of hydrogen-bond donors (Lipinski definition) is 2. The number of ketones is 1. The summed E-state index contributed by atoms with van der Waals surface area (Å²) >= 11 is 0. The molecule has 0 aromatic carbocycles. The molecule has 4 aliphatic carbocycles. The van der Waals surface area contributed by atoms with Crippen LogP contribution in [0, 0.1) is 34.5 Å². The molecular formula is C28H45FN4O3. The highest BCUT2D eigenvalue weighted by atomic mass is 19.1. The normalized spacial score (nSPS) is 36.0. The summed E-state index contributed by atoms with van der Waals surface area (Å²) in [6.07, 6.45) is 9.68. The number of carbonyl (C=O) groups excluding carboxylic acids is 2. The van der Waals surface area contributed by atoms with Crippen LogP contribution in [0.4, 0.5) is 9.18 Å². The van der Waals surface area contributed by atoms with Crippen molar-refractivity contribution < 1.29 is 18.8 Å². The van der Waals surface area contributed by atoms with Gasteiger partial charge in [0.1, 0.15) is 0 Å². The first-order valence-corrected chi connectivity index (χ1v) is 13.9. The van der Waals surface area contributed by atoms with Crippen molar-refractivity contribution in [1.29, 1.82) is 0 Å². The van der Waals surface area contributed by atoms with Gasteiger partial charge in [0, 0.05) is 38.5 Å². The zero-order valence-electron chi connectivity index (χ0n) is 22.6. The van der Waals surface area contributed by atoms with Crippen LogP contribution in [0.1, 0.15) is 72.1 Å². The quantitative estimate of drug-likeness (QED) is 0.157. The molecule has 0 aromatic rings. The van der Waals surface area contributed by atoms with Crippen molar-refractivity contribution in [3.8, 4) is 0 Å². The van der Waals surface area contributed by atoms with E-state index in [2.05, 4.69) is 29.6 Å². The van der Waals surface area contributed by atoms with Crippen molar-refractivity contribution in [3.05, 3.63) is 11.6 Å². The van der Waals surface area contributed by atoms with E-state index >= 15 is 0 Å². The van der Waals surface area contributed by atoms with E-state index in [1.165, 1.54) is 24.8 Å². The fraction of sp³-hybridized carbons (Fsp3) is 0.821. The number of oxime groups is 1. The zero-order chi connectivity index (χ0) is 25.9. The maximum absolute atomic E-state index is 13.4. The van der Waals surface area contributed by atoms with Gasteiger partial charge in [0.05, 0.1) is 5.71 Å². The lowest BCUT2D eigenvalue weighted by Gasteiger charge is -2.58. The van der Waals surface area contributed by atoms with Crippen LogP contribution in [0.25, 0.3) is 0 Å². The van der Waals surface area contributed by atoms with Crippen molar-refractivity contribution >= 4 is 17.6 Å². The molecule has 0 radical (unpaired) electrons. The van der Waals surface area contributed by atoms with Crippen LogP contribution in [-0.2, 0) is 9.63 Å². The Labute approximate surface area is 215 Å². The number of fused-ring (bicyclic) bond motifs is 5. The molecular weight excluding hydrogens is 459 g/mol. The molecule has 4 rings (SSSR count). The molecule has 0 heterocycles. The Morgan fingerprint density at radius 1 is 1.14 bits per heavy atom. The summed E-state index contributed by atoms with van der Waals surface area (Å²) < 4.78 is 13.4. The summed E-state index contributed by atoms with van der Waals surface area (Å²) in [4.78, 5) is 30.8. The smallest absolute Gasteiger partial charge is 0.318 e. The van der Waals surface area contributed by atoms with Gasteiger partial charge < -0.3 is 10.6 Å². The van der Waals surface area contributed by atoms with Crippen molar-refractivity contribution in [2.24, 2.45) is 39.7 Å². The van der Waals surface area contributed by atoms with E-state index in [-0.39, 0.29) is 23.3 Å². The number of nitrogens with one attached hydrogen (secondary N) is 2. The summed E-state index contributed by atoms with van der Waals surface area (Å²) in [5.41, 5.74) is 2.56. The second-order valence-corrected chi connectivity index (χ2v) is 12.0. The number of halogens is 1.